The number of hydroxylamine groups is 1. The van der Waals surface area contributed by atoms with Crippen LogP contribution in [-0.2, 0) is 11.4 Å². The molecule has 78 valence electrons. The summed E-state index contributed by atoms with van der Waals surface area (Å²) in [7, 11) is 0. The number of rotatable bonds is 4. The summed E-state index contributed by atoms with van der Waals surface area (Å²) in [6.45, 7) is 0.722. The highest BCUT2D eigenvalue weighted by Crippen LogP contribution is 2.21. The van der Waals surface area contributed by atoms with Crippen molar-refractivity contribution in [2.75, 3.05) is 5.73 Å². The van der Waals surface area contributed by atoms with Gasteiger partial charge in [-0.3, -0.25) is 4.84 Å². The van der Waals surface area contributed by atoms with Gasteiger partial charge in [0.05, 0.1) is 12.6 Å². The Balaban J connectivity index is 1.70. The second-order valence-electron chi connectivity index (χ2n) is 3.64. The second kappa shape index (κ2) is 4.77. The van der Waals surface area contributed by atoms with Gasteiger partial charge in [0, 0.05) is 10.6 Å². The molecule has 0 saturated heterocycles. The third-order valence-corrected chi connectivity index (χ3v) is 3.50. The number of anilines is 1. The lowest BCUT2D eigenvalue weighted by atomic mass is 10.3. The first kappa shape index (κ1) is 9.96. The van der Waals surface area contributed by atoms with E-state index in [4.69, 9.17) is 10.6 Å². The highest BCUT2D eigenvalue weighted by molar-refractivity contribution is 7.10. The van der Waals surface area contributed by atoms with Crippen LogP contribution in [0.2, 0.25) is 0 Å². The first-order valence-corrected chi connectivity index (χ1v) is 5.94. The molecular formula is C10H16N2OS. The summed E-state index contributed by atoms with van der Waals surface area (Å²) in [6, 6.07) is 1.93. The van der Waals surface area contributed by atoms with Crippen LogP contribution in [-0.4, -0.2) is 6.10 Å². The van der Waals surface area contributed by atoms with Gasteiger partial charge in [0.1, 0.15) is 0 Å². The Morgan fingerprint density at radius 3 is 2.93 bits per heavy atom. The quantitative estimate of drug-likeness (QED) is 0.753. The molecular weight excluding hydrogens is 196 g/mol. The number of hydrogen-bond acceptors (Lipinski definition) is 4. The normalized spacial score (nSPS) is 17.7. The summed E-state index contributed by atoms with van der Waals surface area (Å²) in [5.41, 5.74) is 9.61. The molecule has 1 saturated carbocycles. The van der Waals surface area contributed by atoms with Gasteiger partial charge in [0.15, 0.2) is 0 Å². The predicted octanol–water partition coefficient (Wildman–Crippen LogP) is 2.29. The molecule has 1 heterocycles. The molecule has 2 rings (SSSR count). The molecule has 0 unspecified atom stereocenters. The van der Waals surface area contributed by atoms with Crippen LogP contribution in [0.25, 0.3) is 0 Å². The average Bonchev–Trinajstić information content (AvgIpc) is 2.78. The summed E-state index contributed by atoms with van der Waals surface area (Å²) in [6.07, 6.45) is 5.39. The largest absolute Gasteiger partial charge is 0.398 e. The van der Waals surface area contributed by atoms with Gasteiger partial charge in [-0.05, 0) is 24.3 Å². The van der Waals surface area contributed by atoms with Crippen molar-refractivity contribution in [3.63, 3.8) is 0 Å². The topological polar surface area (TPSA) is 47.3 Å². The molecule has 0 bridgehead atoms. The van der Waals surface area contributed by atoms with E-state index in [9.17, 15) is 0 Å². The Kier molecular flexibility index (Phi) is 3.39. The molecule has 3 N–H and O–H groups in total. The maximum atomic E-state index is 5.75. The Morgan fingerprint density at radius 1 is 1.50 bits per heavy atom. The maximum Gasteiger partial charge on any atom is 0.0790 e. The van der Waals surface area contributed by atoms with Crippen molar-refractivity contribution in [3.05, 3.63) is 16.3 Å². The van der Waals surface area contributed by atoms with E-state index in [1.165, 1.54) is 25.7 Å². The van der Waals surface area contributed by atoms with Crippen LogP contribution in [0.15, 0.2) is 11.4 Å². The summed E-state index contributed by atoms with van der Waals surface area (Å²) in [4.78, 5) is 6.69. The Morgan fingerprint density at radius 2 is 2.29 bits per heavy atom. The minimum atomic E-state index is 0.413. The number of nitrogens with two attached hydrogens (primary N) is 1. The van der Waals surface area contributed by atoms with Gasteiger partial charge < -0.3 is 5.73 Å². The molecule has 1 aromatic rings. The SMILES string of the molecule is Nc1ccsc1CNOC1CCCC1. The molecule has 0 atom stereocenters. The summed E-state index contributed by atoms with van der Waals surface area (Å²) in [5, 5.41) is 2.00. The van der Waals surface area contributed by atoms with Crippen molar-refractivity contribution in [2.24, 2.45) is 0 Å². The molecule has 0 aromatic carbocycles. The van der Waals surface area contributed by atoms with Crippen LogP contribution in [0.5, 0.6) is 0 Å². The Hall–Kier alpha value is -0.580. The molecule has 0 radical (unpaired) electrons. The summed E-state index contributed by atoms with van der Waals surface area (Å²) in [5.74, 6) is 0. The lowest BCUT2D eigenvalue weighted by molar-refractivity contribution is -0.0239. The molecule has 4 heteroatoms. The molecule has 1 fully saturated rings. The Labute approximate surface area is 88.2 Å². The van der Waals surface area contributed by atoms with Gasteiger partial charge in [0.25, 0.3) is 0 Å². The van der Waals surface area contributed by atoms with Crippen LogP contribution >= 0.6 is 11.3 Å². The fourth-order valence-electron chi connectivity index (χ4n) is 1.73. The van der Waals surface area contributed by atoms with E-state index in [0.717, 1.165) is 17.1 Å². The molecule has 3 nitrogen and oxygen atoms in total. The molecule has 0 amide bonds. The van der Waals surface area contributed by atoms with Crippen molar-refractivity contribution in [1.82, 2.24) is 5.48 Å². The van der Waals surface area contributed by atoms with Crippen LogP contribution in [0, 0.1) is 0 Å². The first-order chi connectivity index (χ1) is 6.86. The second-order valence-corrected chi connectivity index (χ2v) is 4.65. The maximum absolute atomic E-state index is 5.75. The minimum Gasteiger partial charge on any atom is -0.398 e. The van der Waals surface area contributed by atoms with Crippen LogP contribution in [0.4, 0.5) is 5.69 Å². The smallest absolute Gasteiger partial charge is 0.0790 e. The monoisotopic (exact) mass is 212 g/mol. The minimum absolute atomic E-state index is 0.413. The van der Waals surface area contributed by atoms with E-state index in [2.05, 4.69) is 5.48 Å². The van der Waals surface area contributed by atoms with Gasteiger partial charge >= 0.3 is 0 Å². The predicted molar refractivity (Wildman–Crippen MR) is 58.9 cm³/mol. The Bertz CT molecular complexity index is 281. The van der Waals surface area contributed by atoms with Gasteiger partial charge in [0.2, 0.25) is 0 Å². The van der Waals surface area contributed by atoms with E-state index < -0.39 is 0 Å². The molecule has 0 spiro atoms. The molecule has 1 aliphatic carbocycles. The van der Waals surface area contributed by atoms with Crippen molar-refractivity contribution >= 4 is 17.0 Å². The molecule has 1 aliphatic rings. The van der Waals surface area contributed by atoms with E-state index in [0.29, 0.717) is 6.10 Å². The number of hydrogen-bond donors (Lipinski definition) is 2. The fourth-order valence-corrected chi connectivity index (χ4v) is 2.45. The van der Waals surface area contributed by atoms with E-state index in [1.807, 2.05) is 11.4 Å². The van der Waals surface area contributed by atoms with Crippen LogP contribution in [0.1, 0.15) is 30.6 Å². The lowest BCUT2D eigenvalue weighted by Crippen LogP contribution is -2.21. The van der Waals surface area contributed by atoms with E-state index >= 15 is 0 Å². The standard InChI is InChI=1S/C10H16N2OS/c11-9-5-6-14-10(9)7-12-13-8-3-1-2-4-8/h5-6,8,12H,1-4,7,11H2. The number of thiophene rings is 1. The summed E-state index contributed by atoms with van der Waals surface area (Å²) >= 11 is 1.66. The zero-order valence-electron chi connectivity index (χ0n) is 8.16. The van der Waals surface area contributed by atoms with Gasteiger partial charge in [-0.25, -0.2) is 0 Å². The van der Waals surface area contributed by atoms with E-state index in [-0.39, 0.29) is 0 Å². The zero-order valence-corrected chi connectivity index (χ0v) is 8.98. The van der Waals surface area contributed by atoms with E-state index in [1.54, 1.807) is 11.3 Å². The van der Waals surface area contributed by atoms with Crippen LogP contribution in [0.3, 0.4) is 0 Å². The third-order valence-electron chi connectivity index (χ3n) is 2.56. The van der Waals surface area contributed by atoms with Crippen molar-refractivity contribution in [2.45, 2.75) is 38.3 Å². The lowest BCUT2D eigenvalue weighted by Gasteiger charge is -2.10. The molecule has 1 aromatic heterocycles. The van der Waals surface area contributed by atoms with Gasteiger partial charge in [-0.2, -0.15) is 5.48 Å². The van der Waals surface area contributed by atoms with Crippen molar-refractivity contribution in [3.8, 4) is 0 Å². The number of nitrogen functional groups attached to an aromatic ring is 1. The van der Waals surface area contributed by atoms with Crippen LogP contribution < -0.4 is 11.2 Å². The fraction of sp³-hybridized carbons (Fsp3) is 0.600. The zero-order chi connectivity index (χ0) is 9.80. The van der Waals surface area contributed by atoms with Crippen molar-refractivity contribution in [1.29, 1.82) is 0 Å². The van der Waals surface area contributed by atoms with Gasteiger partial charge in [-0.1, -0.05) is 12.8 Å². The molecule has 0 aliphatic heterocycles. The van der Waals surface area contributed by atoms with Gasteiger partial charge in [-0.15, -0.1) is 11.3 Å². The average molecular weight is 212 g/mol. The summed E-state index contributed by atoms with van der Waals surface area (Å²) < 4.78 is 0. The highest BCUT2D eigenvalue weighted by Gasteiger charge is 2.15. The highest BCUT2D eigenvalue weighted by atomic mass is 32.1. The number of nitrogens with one attached hydrogen (secondary N) is 1. The van der Waals surface area contributed by atoms with Crippen molar-refractivity contribution < 1.29 is 4.84 Å². The first-order valence-electron chi connectivity index (χ1n) is 5.06. The molecule has 14 heavy (non-hydrogen) atoms. The third kappa shape index (κ3) is 2.47.